The van der Waals surface area contributed by atoms with Crippen LogP contribution < -0.4 is 5.73 Å². The highest BCUT2D eigenvalue weighted by Gasteiger charge is 2.30. The van der Waals surface area contributed by atoms with Crippen LogP contribution in [0, 0.1) is 0 Å². The van der Waals surface area contributed by atoms with Gasteiger partial charge in [-0.1, -0.05) is 6.07 Å². The summed E-state index contributed by atoms with van der Waals surface area (Å²) in [5.41, 5.74) is 5.52. The van der Waals surface area contributed by atoms with Gasteiger partial charge in [0.05, 0.1) is 4.90 Å². The minimum atomic E-state index is -3.62. The fourth-order valence-corrected chi connectivity index (χ4v) is 3.99. The van der Waals surface area contributed by atoms with Gasteiger partial charge in [-0.05, 0) is 45.4 Å². The topological polar surface area (TPSA) is 92.9 Å². The number of hydrogen-bond donors (Lipinski definition) is 1. The van der Waals surface area contributed by atoms with Gasteiger partial charge in [-0.15, -0.1) is 0 Å². The van der Waals surface area contributed by atoms with E-state index in [4.69, 9.17) is 10.5 Å². The van der Waals surface area contributed by atoms with E-state index in [2.05, 4.69) is 0 Å². The monoisotopic (exact) mass is 355 g/mol. The molecule has 1 aromatic rings. The first-order valence-corrected chi connectivity index (χ1v) is 9.37. The van der Waals surface area contributed by atoms with E-state index in [1.165, 1.54) is 16.4 Å². The number of nitrogens with zero attached hydrogens (tertiary/aromatic N) is 2. The number of carbonyl (C=O) groups excluding carboxylic acids is 1. The summed E-state index contributed by atoms with van der Waals surface area (Å²) < 4.78 is 32.2. The number of ether oxygens (including phenoxy) is 1. The molecule has 0 atom stereocenters. The third-order valence-corrected chi connectivity index (χ3v) is 5.50. The number of anilines is 1. The maximum absolute atomic E-state index is 12.7. The smallest absolute Gasteiger partial charge is 0.410 e. The van der Waals surface area contributed by atoms with Crippen molar-refractivity contribution in [3.05, 3.63) is 24.3 Å². The van der Waals surface area contributed by atoms with Gasteiger partial charge >= 0.3 is 6.09 Å². The molecule has 1 aliphatic rings. The summed E-state index contributed by atoms with van der Waals surface area (Å²) in [5, 5.41) is 0. The predicted octanol–water partition coefficient (Wildman–Crippen LogP) is 1.90. The molecule has 24 heavy (non-hydrogen) atoms. The van der Waals surface area contributed by atoms with Gasteiger partial charge in [0.25, 0.3) is 0 Å². The Kier molecular flexibility index (Phi) is 5.39. The number of carbonyl (C=O) groups is 1. The molecule has 0 saturated carbocycles. The van der Waals surface area contributed by atoms with Crippen molar-refractivity contribution < 1.29 is 17.9 Å². The van der Waals surface area contributed by atoms with E-state index in [1.807, 2.05) is 0 Å². The molecule has 0 radical (unpaired) electrons. The standard InChI is InChI=1S/C16H25N3O4S/c1-16(2,3)23-15(20)18-8-5-9-19(11-10-18)24(21,22)14-7-4-6-13(17)12-14/h4,6-7,12H,5,8-11,17H2,1-3H3. The van der Waals surface area contributed by atoms with Crippen LogP contribution >= 0.6 is 0 Å². The van der Waals surface area contributed by atoms with Crippen molar-refractivity contribution in [1.82, 2.24) is 9.21 Å². The zero-order valence-electron chi connectivity index (χ0n) is 14.4. The van der Waals surface area contributed by atoms with Gasteiger partial charge in [0.2, 0.25) is 10.0 Å². The van der Waals surface area contributed by atoms with Gasteiger partial charge in [-0.25, -0.2) is 13.2 Å². The van der Waals surface area contributed by atoms with Crippen molar-refractivity contribution in [2.24, 2.45) is 0 Å². The van der Waals surface area contributed by atoms with Gasteiger partial charge in [0.1, 0.15) is 5.60 Å². The van der Waals surface area contributed by atoms with Gasteiger partial charge < -0.3 is 15.4 Å². The Labute approximate surface area is 143 Å². The third kappa shape index (κ3) is 4.61. The fraction of sp³-hybridized carbons (Fsp3) is 0.562. The summed E-state index contributed by atoms with van der Waals surface area (Å²) in [6.45, 7) is 6.78. The highest BCUT2D eigenvalue weighted by molar-refractivity contribution is 7.89. The summed E-state index contributed by atoms with van der Waals surface area (Å²) in [6.07, 6.45) is 0.145. The zero-order valence-corrected chi connectivity index (χ0v) is 15.2. The van der Waals surface area contributed by atoms with Crippen LogP contribution in [0.25, 0.3) is 0 Å². The molecule has 8 heteroatoms. The Hall–Kier alpha value is -1.80. The number of sulfonamides is 1. The SMILES string of the molecule is CC(C)(C)OC(=O)N1CCCN(S(=O)(=O)c2cccc(N)c2)CC1. The number of nitrogen functional groups attached to an aromatic ring is 1. The van der Waals surface area contributed by atoms with Crippen molar-refractivity contribution >= 4 is 21.8 Å². The molecule has 2 N–H and O–H groups in total. The lowest BCUT2D eigenvalue weighted by atomic mass is 10.2. The second kappa shape index (κ2) is 6.98. The number of hydrogen-bond acceptors (Lipinski definition) is 5. The van der Waals surface area contributed by atoms with Crippen LogP contribution in [0.3, 0.4) is 0 Å². The molecule has 2 rings (SSSR count). The van der Waals surface area contributed by atoms with E-state index in [0.717, 1.165) is 0 Å². The first kappa shape index (κ1) is 18.5. The van der Waals surface area contributed by atoms with Gasteiger partial charge in [0.15, 0.2) is 0 Å². The van der Waals surface area contributed by atoms with Crippen LogP contribution in [-0.4, -0.2) is 55.5 Å². The van der Waals surface area contributed by atoms with Gasteiger partial charge in [0, 0.05) is 31.9 Å². The second-order valence-electron chi connectivity index (χ2n) is 6.80. The zero-order chi connectivity index (χ0) is 18.0. The summed E-state index contributed by atoms with van der Waals surface area (Å²) in [6, 6.07) is 6.24. The molecular weight excluding hydrogens is 330 g/mol. The Morgan fingerprint density at radius 1 is 1.17 bits per heavy atom. The molecule has 1 fully saturated rings. The second-order valence-corrected chi connectivity index (χ2v) is 8.74. The lowest BCUT2D eigenvalue weighted by molar-refractivity contribution is 0.0260. The van der Waals surface area contributed by atoms with E-state index in [1.54, 1.807) is 37.8 Å². The summed E-state index contributed by atoms with van der Waals surface area (Å²) in [7, 11) is -3.62. The normalized spacial score (nSPS) is 17.4. The van der Waals surface area contributed by atoms with Crippen LogP contribution in [0.15, 0.2) is 29.2 Å². The van der Waals surface area contributed by atoms with E-state index < -0.39 is 21.7 Å². The van der Waals surface area contributed by atoms with Crippen LogP contribution in [0.5, 0.6) is 0 Å². The molecule has 1 saturated heterocycles. The Bertz CT molecular complexity index is 698. The average molecular weight is 355 g/mol. The highest BCUT2D eigenvalue weighted by Crippen LogP contribution is 2.20. The first-order valence-electron chi connectivity index (χ1n) is 7.93. The van der Waals surface area contributed by atoms with E-state index in [0.29, 0.717) is 31.7 Å². The van der Waals surface area contributed by atoms with Crippen LogP contribution in [0.2, 0.25) is 0 Å². The summed E-state index contributed by atoms with van der Waals surface area (Å²) >= 11 is 0. The van der Waals surface area contributed by atoms with Crippen LogP contribution in [0.4, 0.5) is 10.5 Å². The number of benzene rings is 1. The molecule has 0 unspecified atom stereocenters. The quantitative estimate of drug-likeness (QED) is 0.818. The number of rotatable bonds is 2. The lowest BCUT2D eigenvalue weighted by Gasteiger charge is -2.26. The van der Waals surface area contributed by atoms with Crippen molar-refractivity contribution in [1.29, 1.82) is 0 Å². The molecule has 7 nitrogen and oxygen atoms in total. The molecule has 0 aromatic heterocycles. The Morgan fingerprint density at radius 2 is 1.88 bits per heavy atom. The summed E-state index contributed by atoms with van der Waals surface area (Å²) in [5.74, 6) is 0. The molecule has 134 valence electrons. The largest absolute Gasteiger partial charge is 0.444 e. The molecule has 0 spiro atoms. The molecular formula is C16H25N3O4S. The van der Waals surface area contributed by atoms with E-state index in [9.17, 15) is 13.2 Å². The average Bonchev–Trinajstić information content (AvgIpc) is 2.72. The molecule has 1 aliphatic heterocycles. The predicted molar refractivity (Wildman–Crippen MR) is 92.0 cm³/mol. The molecule has 1 aromatic carbocycles. The molecule has 0 bridgehead atoms. The minimum Gasteiger partial charge on any atom is -0.444 e. The van der Waals surface area contributed by atoms with Crippen molar-refractivity contribution in [2.75, 3.05) is 31.9 Å². The maximum atomic E-state index is 12.7. The van der Waals surface area contributed by atoms with Gasteiger partial charge in [-0.2, -0.15) is 4.31 Å². The fourth-order valence-electron chi connectivity index (χ4n) is 2.47. The molecule has 1 heterocycles. The van der Waals surface area contributed by atoms with Crippen molar-refractivity contribution in [3.63, 3.8) is 0 Å². The number of nitrogens with two attached hydrogens (primary N) is 1. The van der Waals surface area contributed by atoms with E-state index in [-0.39, 0.29) is 11.4 Å². The lowest BCUT2D eigenvalue weighted by Crippen LogP contribution is -2.40. The molecule has 1 amide bonds. The highest BCUT2D eigenvalue weighted by atomic mass is 32.2. The molecule has 0 aliphatic carbocycles. The summed E-state index contributed by atoms with van der Waals surface area (Å²) in [4.78, 5) is 13.9. The van der Waals surface area contributed by atoms with Crippen molar-refractivity contribution in [2.45, 2.75) is 37.7 Å². The van der Waals surface area contributed by atoms with Crippen molar-refractivity contribution in [3.8, 4) is 0 Å². The Balaban J connectivity index is 2.09. The van der Waals surface area contributed by atoms with Crippen LogP contribution in [-0.2, 0) is 14.8 Å². The maximum Gasteiger partial charge on any atom is 0.410 e. The minimum absolute atomic E-state index is 0.174. The Morgan fingerprint density at radius 3 is 2.50 bits per heavy atom. The van der Waals surface area contributed by atoms with Gasteiger partial charge in [-0.3, -0.25) is 0 Å². The third-order valence-electron chi connectivity index (χ3n) is 3.60. The van der Waals surface area contributed by atoms with E-state index >= 15 is 0 Å². The first-order chi connectivity index (χ1) is 11.1. The van der Waals surface area contributed by atoms with Crippen LogP contribution in [0.1, 0.15) is 27.2 Å². The number of amides is 1.